The number of hydrogen-bond acceptors (Lipinski definition) is 2. The van der Waals surface area contributed by atoms with Crippen LogP contribution in [0.2, 0.25) is 0 Å². The van der Waals surface area contributed by atoms with Crippen molar-refractivity contribution in [2.75, 3.05) is 0 Å². The molecule has 0 radical (unpaired) electrons. The van der Waals surface area contributed by atoms with E-state index in [2.05, 4.69) is 25.2 Å². The van der Waals surface area contributed by atoms with Gasteiger partial charge in [0.2, 0.25) is 0 Å². The number of furan rings is 1. The molecule has 0 aromatic carbocycles. The van der Waals surface area contributed by atoms with Gasteiger partial charge in [-0.2, -0.15) is 0 Å². The Balaban J connectivity index is 1.67. The first-order valence-electron chi connectivity index (χ1n) is 7.54. The Bertz CT molecular complexity index is 388. The van der Waals surface area contributed by atoms with Crippen molar-refractivity contribution in [2.24, 2.45) is 11.8 Å². The van der Waals surface area contributed by atoms with Crippen molar-refractivity contribution >= 4 is 0 Å². The summed E-state index contributed by atoms with van der Waals surface area (Å²) in [4.78, 5) is 0. The Labute approximate surface area is 110 Å². The predicted molar refractivity (Wildman–Crippen MR) is 73.5 cm³/mol. The van der Waals surface area contributed by atoms with Crippen molar-refractivity contribution in [2.45, 2.75) is 64.5 Å². The minimum atomic E-state index is 0.537. The Morgan fingerprint density at radius 2 is 1.94 bits per heavy atom. The molecule has 0 aliphatic heterocycles. The van der Waals surface area contributed by atoms with Crippen molar-refractivity contribution in [3.63, 3.8) is 0 Å². The summed E-state index contributed by atoms with van der Waals surface area (Å²) in [5.41, 5.74) is 1.42. The second kappa shape index (κ2) is 5.08. The van der Waals surface area contributed by atoms with Crippen LogP contribution in [-0.4, -0.2) is 6.04 Å². The van der Waals surface area contributed by atoms with E-state index < -0.39 is 0 Å². The van der Waals surface area contributed by atoms with E-state index >= 15 is 0 Å². The maximum Gasteiger partial charge on any atom is 0.108 e. The maximum absolute atomic E-state index is 5.58. The lowest BCUT2D eigenvalue weighted by atomic mass is 9.79. The molecule has 1 aromatic rings. The highest BCUT2D eigenvalue weighted by atomic mass is 16.3. The standard InChI is InChI=1S/C16H25NO/c1-11-8-12(2)10-13(9-11)17-15-4-3-5-16-14(15)6-7-18-16/h6-7,11-13,15,17H,3-5,8-10H2,1-2H3. The summed E-state index contributed by atoms with van der Waals surface area (Å²) in [6, 6.07) is 3.41. The molecule has 0 spiro atoms. The lowest BCUT2D eigenvalue weighted by Gasteiger charge is -2.35. The number of aryl methyl sites for hydroxylation is 1. The van der Waals surface area contributed by atoms with Crippen molar-refractivity contribution in [3.8, 4) is 0 Å². The number of rotatable bonds is 2. The van der Waals surface area contributed by atoms with Gasteiger partial charge in [0.15, 0.2) is 0 Å². The smallest absolute Gasteiger partial charge is 0.108 e. The van der Waals surface area contributed by atoms with Gasteiger partial charge in [-0.3, -0.25) is 0 Å². The molecule has 1 N–H and O–H groups in total. The quantitative estimate of drug-likeness (QED) is 0.852. The van der Waals surface area contributed by atoms with Gasteiger partial charge in [-0.25, -0.2) is 0 Å². The van der Waals surface area contributed by atoms with E-state index in [1.807, 2.05) is 6.26 Å². The average Bonchev–Trinajstić information content (AvgIpc) is 2.76. The van der Waals surface area contributed by atoms with Crippen molar-refractivity contribution < 1.29 is 4.42 Å². The van der Waals surface area contributed by atoms with Gasteiger partial charge in [-0.05, 0) is 50.0 Å². The molecule has 3 atom stereocenters. The Kier molecular flexibility index (Phi) is 3.47. The van der Waals surface area contributed by atoms with Gasteiger partial charge in [0.25, 0.3) is 0 Å². The van der Waals surface area contributed by atoms with E-state index in [1.165, 1.54) is 43.4 Å². The zero-order chi connectivity index (χ0) is 12.5. The monoisotopic (exact) mass is 247 g/mol. The van der Waals surface area contributed by atoms with E-state index in [4.69, 9.17) is 4.42 Å². The van der Waals surface area contributed by atoms with E-state index in [9.17, 15) is 0 Å². The van der Waals surface area contributed by atoms with Crippen LogP contribution < -0.4 is 5.32 Å². The molecule has 18 heavy (non-hydrogen) atoms. The van der Waals surface area contributed by atoms with Gasteiger partial charge in [0.1, 0.15) is 5.76 Å². The molecule has 3 unspecified atom stereocenters. The average molecular weight is 247 g/mol. The van der Waals surface area contributed by atoms with Crippen molar-refractivity contribution in [1.82, 2.24) is 5.32 Å². The molecule has 2 heteroatoms. The molecule has 1 heterocycles. The van der Waals surface area contributed by atoms with E-state index in [-0.39, 0.29) is 0 Å². The van der Waals surface area contributed by atoms with Crippen LogP contribution in [0.5, 0.6) is 0 Å². The van der Waals surface area contributed by atoms with E-state index in [0.29, 0.717) is 12.1 Å². The molecule has 2 aliphatic carbocycles. The lowest BCUT2D eigenvalue weighted by Crippen LogP contribution is -2.39. The molecule has 1 fully saturated rings. The molecule has 0 amide bonds. The number of nitrogens with one attached hydrogen (secondary N) is 1. The van der Waals surface area contributed by atoms with Crippen LogP contribution in [0.1, 0.15) is 63.3 Å². The van der Waals surface area contributed by atoms with Gasteiger partial charge >= 0.3 is 0 Å². The molecule has 2 nitrogen and oxygen atoms in total. The van der Waals surface area contributed by atoms with Crippen LogP contribution in [0.3, 0.4) is 0 Å². The molecule has 3 rings (SSSR count). The van der Waals surface area contributed by atoms with Gasteiger partial charge in [0.05, 0.1) is 6.26 Å². The van der Waals surface area contributed by atoms with Crippen LogP contribution in [0.15, 0.2) is 16.7 Å². The fourth-order valence-electron chi connectivity index (χ4n) is 4.03. The summed E-state index contributed by atoms with van der Waals surface area (Å²) in [6.07, 6.45) is 9.60. The van der Waals surface area contributed by atoms with E-state index in [1.54, 1.807) is 0 Å². The van der Waals surface area contributed by atoms with Crippen LogP contribution in [-0.2, 0) is 6.42 Å². The predicted octanol–water partition coefficient (Wildman–Crippen LogP) is 4.07. The molecule has 0 bridgehead atoms. The molecule has 100 valence electrons. The molecule has 1 saturated carbocycles. The summed E-state index contributed by atoms with van der Waals surface area (Å²) in [6.45, 7) is 4.79. The Morgan fingerprint density at radius 1 is 1.17 bits per heavy atom. The normalized spacial score (nSPS) is 36.3. The minimum Gasteiger partial charge on any atom is -0.469 e. The second-order valence-electron chi connectivity index (χ2n) is 6.52. The Hall–Kier alpha value is -0.760. The van der Waals surface area contributed by atoms with Gasteiger partial charge in [-0.15, -0.1) is 0 Å². The highest BCUT2D eigenvalue weighted by molar-refractivity contribution is 5.24. The van der Waals surface area contributed by atoms with Crippen LogP contribution in [0.25, 0.3) is 0 Å². The third-order valence-electron chi connectivity index (χ3n) is 4.67. The fourth-order valence-corrected chi connectivity index (χ4v) is 4.03. The Morgan fingerprint density at radius 3 is 2.72 bits per heavy atom. The van der Waals surface area contributed by atoms with Crippen LogP contribution in [0.4, 0.5) is 0 Å². The second-order valence-corrected chi connectivity index (χ2v) is 6.52. The molecule has 1 aromatic heterocycles. The lowest BCUT2D eigenvalue weighted by molar-refractivity contribution is 0.219. The van der Waals surface area contributed by atoms with Crippen LogP contribution in [0, 0.1) is 11.8 Å². The van der Waals surface area contributed by atoms with Gasteiger partial charge < -0.3 is 9.73 Å². The topological polar surface area (TPSA) is 25.2 Å². The summed E-state index contributed by atoms with van der Waals surface area (Å²) in [5.74, 6) is 2.97. The van der Waals surface area contributed by atoms with E-state index in [0.717, 1.165) is 18.3 Å². The summed E-state index contributed by atoms with van der Waals surface area (Å²) in [7, 11) is 0. The third-order valence-corrected chi connectivity index (χ3v) is 4.67. The molecular formula is C16H25NO. The van der Waals surface area contributed by atoms with Crippen molar-refractivity contribution in [1.29, 1.82) is 0 Å². The minimum absolute atomic E-state index is 0.537. The summed E-state index contributed by atoms with van der Waals surface area (Å²) >= 11 is 0. The van der Waals surface area contributed by atoms with Crippen LogP contribution >= 0.6 is 0 Å². The fraction of sp³-hybridized carbons (Fsp3) is 0.750. The number of fused-ring (bicyclic) bond motifs is 1. The zero-order valence-electron chi connectivity index (χ0n) is 11.6. The first-order chi connectivity index (χ1) is 8.72. The number of hydrogen-bond donors (Lipinski definition) is 1. The van der Waals surface area contributed by atoms with Crippen molar-refractivity contribution in [3.05, 3.63) is 23.7 Å². The highest BCUT2D eigenvalue weighted by Crippen LogP contribution is 2.34. The maximum atomic E-state index is 5.58. The van der Waals surface area contributed by atoms with Gasteiger partial charge in [0, 0.05) is 24.1 Å². The summed E-state index contributed by atoms with van der Waals surface area (Å²) < 4.78 is 5.58. The molecule has 2 aliphatic rings. The highest BCUT2D eigenvalue weighted by Gasteiger charge is 2.28. The zero-order valence-corrected chi connectivity index (χ0v) is 11.6. The molecule has 0 saturated heterocycles. The SMILES string of the molecule is CC1CC(C)CC(NC2CCCc3occc32)C1. The first kappa shape index (κ1) is 12.3. The molecular weight excluding hydrogens is 222 g/mol. The summed E-state index contributed by atoms with van der Waals surface area (Å²) in [5, 5.41) is 3.90. The van der Waals surface area contributed by atoms with Gasteiger partial charge in [-0.1, -0.05) is 13.8 Å². The largest absolute Gasteiger partial charge is 0.469 e. The first-order valence-corrected chi connectivity index (χ1v) is 7.54. The third kappa shape index (κ3) is 2.49.